The predicted molar refractivity (Wildman–Crippen MR) is 79.6 cm³/mol. The molecule has 1 unspecified atom stereocenters. The van der Waals surface area contributed by atoms with Gasteiger partial charge in [0.2, 0.25) is 5.91 Å². The van der Waals surface area contributed by atoms with Crippen molar-refractivity contribution < 1.29 is 4.79 Å². The predicted octanol–water partition coefficient (Wildman–Crippen LogP) is -0.166. The second-order valence-electron chi connectivity index (χ2n) is 6.72. The highest BCUT2D eigenvalue weighted by Gasteiger charge is 2.34. The minimum atomic E-state index is 0.343. The van der Waals surface area contributed by atoms with Crippen molar-refractivity contribution in [3.63, 3.8) is 0 Å². The molecule has 1 atom stereocenters. The molecule has 5 nitrogen and oxygen atoms in total. The number of likely N-dealkylation sites (tertiary alicyclic amines) is 2. The third-order valence-electron chi connectivity index (χ3n) is 4.97. The minimum absolute atomic E-state index is 0.343. The molecule has 3 heterocycles. The monoisotopic (exact) mass is 280 g/mol. The van der Waals surface area contributed by atoms with Crippen LogP contribution in [0.5, 0.6) is 0 Å². The van der Waals surface area contributed by atoms with E-state index in [4.69, 9.17) is 0 Å². The van der Waals surface area contributed by atoms with E-state index >= 15 is 0 Å². The van der Waals surface area contributed by atoms with E-state index in [1.54, 1.807) is 0 Å². The average molecular weight is 280 g/mol. The number of nitrogens with zero attached hydrogens (tertiary/aromatic N) is 3. The summed E-state index contributed by atoms with van der Waals surface area (Å²) < 4.78 is 0. The first-order chi connectivity index (χ1) is 9.72. The van der Waals surface area contributed by atoms with Gasteiger partial charge in [-0.1, -0.05) is 6.92 Å². The second kappa shape index (κ2) is 6.41. The number of nitrogens with one attached hydrogen (secondary N) is 1. The molecule has 0 aliphatic carbocycles. The lowest BCUT2D eigenvalue weighted by atomic mass is 10.00. The Morgan fingerprint density at radius 3 is 2.60 bits per heavy atom. The van der Waals surface area contributed by atoms with E-state index in [-0.39, 0.29) is 0 Å². The molecule has 3 aliphatic rings. The van der Waals surface area contributed by atoms with Crippen LogP contribution in [0.25, 0.3) is 0 Å². The molecule has 1 N–H and O–H groups in total. The van der Waals surface area contributed by atoms with Crippen molar-refractivity contribution in [1.82, 2.24) is 20.0 Å². The maximum Gasteiger partial charge on any atom is 0.236 e. The fraction of sp³-hybridized carbons (Fsp3) is 0.933. The molecule has 3 saturated heterocycles. The third-order valence-corrected chi connectivity index (χ3v) is 4.97. The van der Waals surface area contributed by atoms with Gasteiger partial charge in [0.25, 0.3) is 0 Å². The minimum Gasteiger partial charge on any atom is -0.341 e. The van der Waals surface area contributed by atoms with E-state index in [1.165, 1.54) is 12.8 Å². The Balaban J connectivity index is 1.38. The maximum absolute atomic E-state index is 12.3. The van der Waals surface area contributed by atoms with Crippen LogP contribution in [-0.2, 0) is 4.79 Å². The molecule has 0 bridgehead atoms. The zero-order valence-corrected chi connectivity index (χ0v) is 12.7. The van der Waals surface area contributed by atoms with Crippen LogP contribution in [0.1, 0.15) is 19.8 Å². The molecule has 5 heteroatoms. The largest absolute Gasteiger partial charge is 0.341 e. The Hall–Kier alpha value is -0.650. The van der Waals surface area contributed by atoms with Gasteiger partial charge in [-0.3, -0.25) is 14.6 Å². The zero-order chi connectivity index (χ0) is 13.9. The lowest BCUT2D eigenvalue weighted by molar-refractivity contribution is -0.136. The first-order valence-corrected chi connectivity index (χ1v) is 8.17. The third kappa shape index (κ3) is 3.32. The van der Waals surface area contributed by atoms with Gasteiger partial charge in [-0.05, 0) is 18.8 Å². The molecule has 0 aromatic heterocycles. The van der Waals surface area contributed by atoms with Crippen LogP contribution in [0.2, 0.25) is 0 Å². The van der Waals surface area contributed by atoms with Gasteiger partial charge in [0.05, 0.1) is 6.54 Å². The molecule has 0 spiro atoms. The standard InChI is InChI=1S/C15H28N4O/c1-13-3-2-6-19(9-13)15(20)12-17-10-14(11-17)18-7-4-16-5-8-18/h13-14,16H,2-12H2,1H3. The van der Waals surface area contributed by atoms with Gasteiger partial charge < -0.3 is 10.2 Å². The number of rotatable bonds is 3. The zero-order valence-electron chi connectivity index (χ0n) is 12.7. The van der Waals surface area contributed by atoms with E-state index in [0.29, 0.717) is 24.4 Å². The van der Waals surface area contributed by atoms with Gasteiger partial charge in [0, 0.05) is 58.4 Å². The highest BCUT2D eigenvalue weighted by Crippen LogP contribution is 2.18. The molecule has 0 aromatic rings. The summed E-state index contributed by atoms with van der Waals surface area (Å²) in [4.78, 5) is 19.2. The summed E-state index contributed by atoms with van der Waals surface area (Å²) in [5.41, 5.74) is 0. The molecule has 3 fully saturated rings. The SMILES string of the molecule is CC1CCCN(C(=O)CN2CC(N3CCNCC3)C2)C1. The Morgan fingerprint density at radius 1 is 1.15 bits per heavy atom. The number of hydrogen-bond donors (Lipinski definition) is 1. The van der Waals surface area contributed by atoms with Crippen LogP contribution in [0.3, 0.4) is 0 Å². The van der Waals surface area contributed by atoms with Gasteiger partial charge in [-0.2, -0.15) is 0 Å². The van der Waals surface area contributed by atoms with E-state index in [1.807, 2.05) is 0 Å². The molecule has 114 valence electrons. The number of hydrogen-bond acceptors (Lipinski definition) is 4. The quantitative estimate of drug-likeness (QED) is 0.779. The van der Waals surface area contributed by atoms with Gasteiger partial charge in [0.15, 0.2) is 0 Å². The van der Waals surface area contributed by atoms with E-state index < -0.39 is 0 Å². The first-order valence-electron chi connectivity index (χ1n) is 8.17. The van der Waals surface area contributed by atoms with Gasteiger partial charge in [-0.25, -0.2) is 0 Å². The topological polar surface area (TPSA) is 38.8 Å². The highest BCUT2D eigenvalue weighted by molar-refractivity contribution is 5.78. The van der Waals surface area contributed by atoms with Gasteiger partial charge in [-0.15, -0.1) is 0 Å². The van der Waals surface area contributed by atoms with E-state index in [0.717, 1.165) is 52.4 Å². The lowest BCUT2D eigenvalue weighted by Gasteiger charge is -2.47. The van der Waals surface area contributed by atoms with Crippen molar-refractivity contribution in [2.24, 2.45) is 5.92 Å². The molecule has 0 aromatic carbocycles. The second-order valence-corrected chi connectivity index (χ2v) is 6.72. The van der Waals surface area contributed by atoms with Crippen molar-refractivity contribution >= 4 is 5.91 Å². The van der Waals surface area contributed by atoms with Crippen molar-refractivity contribution in [2.45, 2.75) is 25.8 Å². The molecule has 1 amide bonds. The molecular formula is C15H28N4O. The maximum atomic E-state index is 12.3. The van der Waals surface area contributed by atoms with Crippen LogP contribution < -0.4 is 5.32 Å². The fourth-order valence-corrected chi connectivity index (χ4v) is 3.66. The molecule has 0 radical (unpaired) electrons. The molecule has 20 heavy (non-hydrogen) atoms. The molecule has 3 rings (SSSR count). The van der Waals surface area contributed by atoms with E-state index in [9.17, 15) is 4.79 Å². The van der Waals surface area contributed by atoms with Crippen LogP contribution in [-0.4, -0.2) is 85.6 Å². The summed E-state index contributed by atoms with van der Waals surface area (Å²) in [5, 5.41) is 3.39. The first kappa shape index (κ1) is 14.3. The van der Waals surface area contributed by atoms with Crippen molar-refractivity contribution in [3.8, 4) is 0 Å². The smallest absolute Gasteiger partial charge is 0.236 e. The van der Waals surface area contributed by atoms with Crippen LogP contribution in [0.4, 0.5) is 0 Å². The van der Waals surface area contributed by atoms with E-state index in [2.05, 4.69) is 26.9 Å². The summed E-state index contributed by atoms with van der Waals surface area (Å²) >= 11 is 0. The Bertz CT molecular complexity index is 337. The van der Waals surface area contributed by atoms with Crippen LogP contribution in [0.15, 0.2) is 0 Å². The molecule has 0 saturated carbocycles. The molecule has 3 aliphatic heterocycles. The van der Waals surface area contributed by atoms with Crippen LogP contribution in [0, 0.1) is 5.92 Å². The summed E-state index contributed by atoms with van der Waals surface area (Å²) in [6.45, 7) is 11.5. The number of carbonyl (C=O) groups is 1. The lowest BCUT2D eigenvalue weighted by Crippen LogP contribution is -2.64. The van der Waals surface area contributed by atoms with Crippen molar-refractivity contribution in [2.75, 3.05) is 58.9 Å². The number of piperazine rings is 1. The number of piperidine rings is 1. The van der Waals surface area contributed by atoms with Gasteiger partial charge in [0.1, 0.15) is 0 Å². The molecular weight excluding hydrogens is 252 g/mol. The van der Waals surface area contributed by atoms with Crippen LogP contribution >= 0.6 is 0 Å². The summed E-state index contributed by atoms with van der Waals surface area (Å²) in [5.74, 6) is 1.02. The number of carbonyl (C=O) groups excluding carboxylic acids is 1. The fourth-order valence-electron chi connectivity index (χ4n) is 3.66. The number of amides is 1. The highest BCUT2D eigenvalue weighted by atomic mass is 16.2. The average Bonchev–Trinajstić information content (AvgIpc) is 2.43. The Morgan fingerprint density at radius 2 is 1.90 bits per heavy atom. The summed E-state index contributed by atoms with van der Waals surface area (Å²) in [7, 11) is 0. The van der Waals surface area contributed by atoms with Crippen molar-refractivity contribution in [1.29, 1.82) is 0 Å². The Labute approximate surface area is 122 Å². The Kier molecular flexibility index (Phi) is 4.58. The van der Waals surface area contributed by atoms with Crippen molar-refractivity contribution in [3.05, 3.63) is 0 Å². The summed E-state index contributed by atoms with van der Waals surface area (Å²) in [6, 6.07) is 0.685. The van der Waals surface area contributed by atoms with Gasteiger partial charge >= 0.3 is 0 Å². The summed E-state index contributed by atoms with van der Waals surface area (Å²) in [6.07, 6.45) is 2.45. The normalized spacial score (nSPS) is 30.2.